The van der Waals surface area contributed by atoms with E-state index < -0.39 is 5.76 Å². The zero-order chi connectivity index (χ0) is 19.7. The number of anilines is 1. The molecular formula is C23H20N2O3. The Morgan fingerprint density at radius 2 is 1.75 bits per heavy atom. The largest absolute Gasteiger partial charge is 0.420 e. The van der Waals surface area contributed by atoms with Gasteiger partial charge in [0, 0.05) is 11.3 Å². The molecule has 0 bridgehead atoms. The zero-order valence-corrected chi connectivity index (χ0v) is 15.7. The van der Waals surface area contributed by atoms with Crippen molar-refractivity contribution in [2.24, 2.45) is 0 Å². The van der Waals surface area contributed by atoms with Crippen molar-refractivity contribution < 1.29 is 9.21 Å². The SMILES string of the molecule is Cc1ccc(NC(=O)c2ccc3oc(=O)n(Cc4ccccc4)c3c2)cc1C. The lowest BCUT2D eigenvalue weighted by Crippen LogP contribution is -2.15. The highest BCUT2D eigenvalue weighted by Gasteiger charge is 2.14. The third-order valence-corrected chi connectivity index (χ3v) is 4.88. The van der Waals surface area contributed by atoms with Crippen molar-refractivity contribution in [1.82, 2.24) is 4.57 Å². The van der Waals surface area contributed by atoms with Crippen molar-refractivity contribution in [3.05, 3.63) is 99.5 Å². The van der Waals surface area contributed by atoms with Gasteiger partial charge in [0.25, 0.3) is 5.91 Å². The van der Waals surface area contributed by atoms with Crippen molar-refractivity contribution in [3.8, 4) is 0 Å². The second-order valence-corrected chi connectivity index (χ2v) is 6.88. The Bertz CT molecular complexity index is 1220. The van der Waals surface area contributed by atoms with Crippen molar-refractivity contribution in [2.75, 3.05) is 5.32 Å². The van der Waals surface area contributed by atoms with Crippen LogP contribution in [0.1, 0.15) is 27.0 Å². The first kappa shape index (κ1) is 17.8. The van der Waals surface area contributed by atoms with Gasteiger partial charge in [-0.2, -0.15) is 0 Å². The van der Waals surface area contributed by atoms with E-state index in [1.807, 2.05) is 62.4 Å². The van der Waals surface area contributed by atoms with E-state index in [-0.39, 0.29) is 5.91 Å². The van der Waals surface area contributed by atoms with Crippen LogP contribution in [0.25, 0.3) is 11.1 Å². The average Bonchev–Trinajstić information content (AvgIpc) is 3.00. The van der Waals surface area contributed by atoms with E-state index in [0.717, 1.165) is 16.8 Å². The summed E-state index contributed by atoms with van der Waals surface area (Å²) in [6.07, 6.45) is 0. The normalized spacial score (nSPS) is 10.9. The first-order valence-electron chi connectivity index (χ1n) is 9.07. The minimum atomic E-state index is -0.439. The summed E-state index contributed by atoms with van der Waals surface area (Å²) >= 11 is 0. The molecule has 1 amide bonds. The van der Waals surface area contributed by atoms with Crippen molar-refractivity contribution in [2.45, 2.75) is 20.4 Å². The maximum Gasteiger partial charge on any atom is 0.420 e. The molecule has 1 aromatic heterocycles. The molecular weight excluding hydrogens is 352 g/mol. The molecule has 4 aromatic rings. The summed E-state index contributed by atoms with van der Waals surface area (Å²) < 4.78 is 6.87. The number of fused-ring (bicyclic) bond motifs is 1. The number of carbonyl (C=O) groups excluding carboxylic acids is 1. The predicted molar refractivity (Wildman–Crippen MR) is 110 cm³/mol. The molecule has 0 unspecified atom stereocenters. The summed E-state index contributed by atoms with van der Waals surface area (Å²) in [7, 11) is 0. The molecule has 0 spiro atoms. The van der Waals surface area contributed by atoms with Crippen LogP contribution in [0, 0.1) is 13.8 Å². The summed E-state index contributed by atoms with van der Waals surface area (Å²) in [5.41, 5.74) is 5.53. The molecule has 28 heavy (non-hydrogen) atoms. The lowest BCUT2D eigenvalue weighted by atomic mass is 10.1. The van der Waals surface area contributed by atoms with Crippen LogP contribution >= 0.6 is 0 Å². The number of oxazole rings is 1. The lowest BCUT2D eigenvalue weighted by molar-refractivity contribution is 0.102. The van der Waals surface area contributed by atoms with Crippen LogP contribution in [0.2, 0.25) is 0 Å². The van der Waals surface area contributed by atoms with E-state index in [0.29, 0.717) is 23.2 Å². The number of hydrogen-bond donors (Lipinski definition) is 1. The Morgan fingerprint density at radius 1 is 0.964 bits per heavy atom. The molecule has 1 N–H and O–H groups in total. The van der Waals surface area contributed by atoms with Crippen LogP contribution in [0.5, 0.6) is 0 Å². The Labute approximate surface area is 162 Å². The number of nitrogens with zero attached hydrogens (tertiary/aromatic N) is 1. The smallest absolute Gasteiger partial charge is 0.408 e. The monoisotopic (exact) mass is 372 g/mol. The number of aryl methyl sites for hydroxylation is 2. The fourth-order valence-corrected chi connectivity index (χ4v) is 3.14. The molecule has 5 nitrogen and oxygen atoms in total. The third kappa shape index (κ3) is 3.47. The van der Waals surface area contributed by atoms with Gasteiger partial charge in [-0.3, -0.25) is 9.36 Å². The second-order valence-electron chi connectivity index (χ2n) is 6.88. The molecule has 0 aliphatic carbocycles. The van der Waals surface area contributed by atoms with E-state index in [9.17, 15) is 9.59 Å². The minimum absolute atomic E-state index is 0.231. The van der Waals surface area contributed by atoms with E-state index in [4.69, 9.17) is 4.42 Å². The number of nitrogens with one attached hydrogen (secondary N) is 1. The van der Waals surface area contributed by atoms with Crippen molar-refractivity contribution in [1.29, 1.82) is 0 Å². The molecule has 0 atom stereocenters. The van der Waals surface area contributed by atoms with Gasteiger partial charge >= 0.3 is 5.76 Å². The molecule has 0 radical (unpaired) electrons. The number of carbonyl (C=O) groups is 1. The van der Waals surface area contributed by atoms with Gasteiger partial charge in [-0.1, -0.05) is 36.4 Å². The van der Waals surface area contributed by atoms with Crippen LogP contribution in [0.3, 0.4) is 0 Å². The molecule has 5 heteroatoms. The quantitative estimate of drug-likeness (QED) is 0.573. The highest BCUT2D eigenvalue weighted by atomic mass is 16.4. The van der Waals surface area contributed by atoms with Gasteiger partial charge in [0.05, 0.1) is 12.1 Å². The molecule has 0 saturated carbocycles. The Kier molecular flexibility index (Phi) is 4.57. The number of benzene rings is 3. The first-order valence-corrected chi connectivity index (χ1v) is 9.07. The molecule has 140 valence electrons. The molecule has 3 aromatic carbocycles. The minimum Gasteiger partial charge on any atom is -0.408 e. The third-order valence-electron chi connectivity index (χ3n) is 4.88. The first-order chi connectivity index (χ1) is 13.5. The molecule has 0 aliphatic rings. The molecule has 4 rings (SSSR count). The second kappa shape index (κ2) is 7.19. The van der Waals surface area contributed by atoms with Gasteiger partial charge in [-0.05, 0) is 60.9 Å². The summed E-state index contributed by atoms with van der Waals surface area (Å²) in [5, 5.41) is 2.91. The van der Waals surface area contributed by atoms with Gasteiger partial charge in [0.1, 0.15) is 0 Å². The fourth-order valence-electron chi connectivity index (χ4n) is 3.14. The fraction of sp³-hybridized carbons (Fsp3) is 0.130. The Morgan fingerprint density at radius 3 is 2.50 bits per heavy atom. The van der Waals surface area contributed by atoms with Gasteiger partial charge in [0.2, 0.25) is 0 Å². The summed E-state index contributed by atoms with van der Waals surface area (Å²) in [4.78, 5) is 25.0. The predicted octanol–water partition coefficient (Wildman–Crippen LogP) is 4.51. The van der Waals surface area contributed by atoms with Gasteiger partial charge in [-0.25, -0.2) is 4.79 Å². The van der Waals surface area contributed by atoms with E-state index in [1.165, 1.54) is 10.1 Å². The van der Waals surface area contributed by atoms with Crippen LogP contribution in [0.15, 0.2) is 75.9 Å². The lowest BCUT2D eigenvalue weighted by Gasteiger charge is -2.08. The number of aromatic nitrogens is 1. The number of amides is 1. The van der Waals surface area contributed by atoms with Crippen LogP contribution < -0.4 is 11.1 Å². The number of rotatable bonds is 4. The maximum atomic E-state index is 12.7. The Hall–Kier alpha value is -3.60. The molecule has 0 aliphatic heterocycles. The number of hydrogen-bond acceptors (Lipinski definition) is 3. The zero-order valence-electron chi connectivity index (χ0n) is 15.7. The maximum absolute atomic E-state index is 12.7. The van der Waals surface area contributed by atoms with E-state index in [2.05, 4.69) is 5.32 Å². The van der Waals surface area contributed by atoms with Crippen LogP contribution in [-0.4, -0.2) is 10.5 Å². The molecule has 0 fully saturated rings. The van der Waals surface area contributed by atoms with Crippen molar-refractivity contribution >= 4 is 22.7 Å². The molecule has 0 saturated heterocycles. The summed E-state index contributed by atoms with van der Waals surface area (Å²) in [5.74, 6) is -0.671. The summed E-state index contributed by atoms with van der Waals surface area (Å²) in [6, 6.07) is 20.5. The standard InChI is InChI=1S/C23H20N2O3/c1-15-8-10-19(12-16(15)2)24-22(26)18-9-11-21-20(13-18)25(23(27)28-21)14-17-6-4-3-5-7-17/h3-13H,14H2,1-2H3,(H,24,26). The van der Waals surface area contributed by atoms with Crippen LogP contribution in [-0.2, 0) is 6.54 Å². The van der Waals surface area contributed by atoms with Crippen LogP contribution in [0.4, 0.5) is 5.69 Å². The van der Waals surface area contributed by atoms with E-state index >= 15 is 0 Å². The van der Waals surface area contributed by atoms with E-state index in [1.54, 1.807) is 18.2 Å². The van der Waals surface area contributed by atoms with Gasteiger partial charge in [0.15, 0.2) is 5.58 Å². The average molecular weight is 372 g/mol. The highest BCUT2D eigenvalue weighted by molar-refractivity contribution is 6.05. The van der Waals surface area contributed by atoms with Gasteiger partial charge < -0.3 is 9.73 Å². The molecule has 1 heterocycles. The van der Waals surface area contributed by atoms with Crippen molar-refractivity contribution in [3.63, 3.8) is 0 Å². The Balaban J connectivity index is 1.66. The van der Waals surface area contributed by atoms with Gasteiger partial charge in [-0.15, -0.1) is 0 Å². The summed E-state index contributed by atoms with van der Waals surface area (Å²) in [6.45, 7) is 4.42. The topological polar surface area (TPSA) is 64.2 Å². The highest BCUT2D eigenvalue weighted by Crippen LogP contribution is 2.19.